The molecule has 4 nitrogen and oxygen atoms in total. The molecule has 0 saturated carbocycles. The molecule has 1 atom stereocenters. The van der Waals surface area contributed by atoms with Crippen LogP contribution in [0.2, 0.25) is 0 Å². The Morgan fingerprint density at radius 1 is 1.23 bits per heavy atom. The summed E-state index contributed by atoms with van der Waals surface area (Å²) in [7, 11) is -3.79. The third kappa shape index (κ3) is 2.33. The predicted molar refractivity (Wildman–Crippen MR) is 82.2 cm³/mol. The summed E-state index contributed by atoms with van der Waals surface area (Å²) in [6.45, 7) is 3.65. The number of rotatable bonds is 2. The Hall–Kier alpha value is -2.08. The van der Waals surface area contributed by atoms with Crippen molar-refractivity contribution in [1.29, 1.82) is 0 Å². The highest BCUT2D eigenvalue weighted by molar-refractivity contribution is 7.93. The van der Waals surface area contributed by atoms with Gasteiger partial charge in [0.05, 0.1) is 16.6 Å². The van der Waals surface area contributed by atoms with E-state index in [0.717, 1.165) is 6.07 Å². The summed E-state index contributed by atoms with van der Waals surface area (Å²) in [6.07, 6.45) is 0. The van der Waals surface area contributed by atoms with Crippen LogP contribution in [0, 0.1) is 12.7 Å². The zero-order valence-electron chi connectivity index (χ0n) is 12.3. The van der Waals surface area contributed by atoms with Crippen molar-refractivity contribution >= 4 is 15.7 Å². The van der Waals surface area contributed by atoms with Crippen LogP contribution in [0.25, 0.3) is 0 Å². The van der Waals surface area contributed by atoms with Gasteiger partial charge < -0.3 is 4.74 Å². The van der Waals surface area contributed by atoms with Crippen molar-refractivity contribution < 1.29 is 17.5 Å². The van der Waals surface area contributed by atoms with Crippen molar-refractivity contribution in [2.24, 2.45) is 0 Å². The number of hydrogen-bond acceptors (Lipinski definition) is 3. The third-order valence-corrected chi connectivity index (χ3v) is 5.75. The Morgan fingerprint density at radius 2 is 1.95 bits per heavy atom. The average molecular weight is 321 g/mol. The number of anilines is 1. The maximum atomic E-state index is 13.3. The van der Waals surface area contributed by atoms with Gasteiger partial charge in [-0.05, 0) is 49.7 Å². The second kappa shape index (κ2) is 5.28. The Balaban J connectivity index is 2.16. The molecule has 0 fully saturated rings. The molecule has 0 bridgehead atoms. The van der Waals surface area contributed by atoms with Crippen LogP contribution in [-0.4, -0.2) is 21.1 Å². The molecule has 2 aromatic carbocycles. The van der Waals surface area contributed by atoms with Crippen molar-refractivity contribution in [2.75, 3.05) is 10.9 Å². The van der Waals surface area contributed by atoms with Gasteiger partial charge in [-0.2, -0.15) is 0 Å². The quantitative estimate of drug-likeness (QED) is 0.854. The van der Waals surface area contributed by atoms with Gasteiger partial charge in [-0.1, -0.05) is 12.1 Å². The molecule has 2 aromatic rings. The number of halogens is 1. The van der Waals surface area contributed by atoms with E-state index >= 15 is 0 Å². The van der Waals surface area contributed by atoms with E-state index in [2.05, 4.69) is 0 Å². The van der Waals surface area contributed by atoms with E-state index in [1.807, 2.05) is 0 Å². The van der Waals surface area contributed by atoms with Crippen LogP contribution in [-0.2, 0) is 10.0 Å². The van der Waals surface area contributed by atoms with E-state index < -0.39 is 15.8 Å². The first-order valence-electron chi connectivity index (χ1n) is 6.93. The number of sulfonamides is 1. The Morgan fingerprint density at radius 3 is 2.68 bits per heavy atom. The fourth-order valence-corrected chi connectivity index (χ4v) is 4.51. The minimum absolute atomic E-state index is 0.109. The zero-order valence-corrected chi connectivity index (χ0v) is 13.1. The van der Waals surface area contributed by atoms with E-state index in [1.54, 1.807) is 38.1 Å². The highest BCUT2D eigenvalue weighted by Gasteiger charge is 2.35. The molecule has 1 heterocycles. The normalized spacial score (nSPS) is 17.8. The summed E-state index contributed by atoms with van der Waals surface area (Å²) >= 11 is 0. The van der Waals surface area contributed by atoms with Crippen molar-refractivity contribution in [3.8, 4) is 5.75 Å². The van der Waals surface area contributed by atoms with Crippen LogP contribution in [0.3, 0.4) is 0 Å². The van der Waals surface area contributed by atoms with Crippen LogP contribution in [0.15, 0.2) is 47.4 Å². The van der Waals surface area contributed by atoms with Gasteiger partial charge in [0.1, 0.15) is 18.2 Å². The Labute approximate surface area is 129 Å². The van der Waals surface area contributed by atoms with Crippen molar-refractivity contribution in [1.82, 2.24) is 0 Å². The number of ether oxygens (including phenoxy) is 1. The van der Waals surface area contributed by atoms with Gasteiger partial charge in [-0.3, -0.25) is 4.31 Å². The van der Waals surface area contributed by atoms with Crippen molar-refractivity contribution in [3.05, 3.63) is 53.8 Å². The molecule has 1 aliphatic rings. The van der Waals surface area contributed by atoms with Crippen molar-refractivity contribution in [2.45, 2.75) is 24.8 Å². The average Bonchev–Trinajstić information content (AvgIpc) is 2.46. The van der Waals surface area contributed by atoms with Gasteiger partial charge >= 0.3 is 0 Å². The first kappa shape index (κ1) is 14.8. The number of para-hydroxylation sites is 2. The molecular formula is C16H16FNO3S. The van der Waals surface area contributed by atoms with E-state index in [-0.39, 0.29) is 17.5 Å². The lowest BCUT2D eigenvalue weighted by atomic mass is 10.2. The topological polar surface area (TPSA) is 46.6 Å². The molecule has 0 spiro atoms. The lowest BCUT2D eigenvalue weighted by Gasteiger charge is -2.35. The van der Waals surface area contributed by atoms with Crippen LogP contribution in [0.4, 0.5) is 10.1 Å². The van der Waals surface area contributed by atoms with Crippen LogP contribution in [0.1, 0.15) is 12.5 Å². The van der Waals surface area contributed by atoms with Gasteiger partial charge in [0, 0.05) is 0 Å². The molecular weight excluding hydrogens is 305 g/mol. The van der Waals surface area contributed by atoms with E-state index in [4.69, 9.17) is 4.74 Å². The largest absolute Gasteiger partial charge is 0.489 e. The van der Waals surface area contributed by atoms with Crippen molar-refractivity contribution in [3.63, 3.8) is 0 Å². The predicted octanol–water partition coefficient (Wildman–Crippen LogP) is 3.11. The maximum absolute atomic E-state index is 13.3. The lowest BCUT2D eigenvalue weighted by Crippen LogP contribution is -2.45. The number of hydrogen-bond donors (Lipinski definition) is 0. The molecule has 22 heavy (non-hydrogen) atoms. The molecule has 0 N–H and O–H groups in total. The van der Waals surface area contributed by atoms with Gasteiger partial charge in [-0.15, -0.1) is 0 Å². The number of nitrogens with zero attached hydrogens (tertiary/aromatic N) is 1. The molecule has 116 valence electrons. The highest BCUT2D eigenvalue weighted by atomic mass is 32.2. The monoisotopic (exact) mass is 321 g/mol. The maximum Gasteiger partial charge on any atom is 0.265 e. The smallest absolute Gasteiger partial charge is 0.265 e. The van der Waals surface area contributed by atoms with E-state index in [1.165, 1.54) is 16.4 Å². The standard InChI is InChI=1S/C16H16FNO3S/c1-11-9-13(17)7-8-16(11)22(19,20)18-12(2)10-21-15-6-4-3-5-14(15)18/h3-9,12H,10H2,1-2H3. The zero-order chi connectivity index (χ0) is 15.9. The summed E-state index contributed by atoms with van der Waals surface area (Å²) < 4.78 is 46.3. The molecule has 1 aliphatic heterocycles. The molecule has 1 unspecified atom stereocenters. The highest BCUT2D eigenvalue weighted by Crippen LogP contribution is 2.37. The molecule has 3 rings (SSSR count). The van der Waals surface area contributed by atoms with Gasteiger partial charge in [0.25, 0.3) is 10.0 Å². The summed E-state index contributed by atoms with van der Waals surface area (Å²) in [5.41, 5.74) is 0.890. The molecule has 0 amide bonds. The molecule has 0 aromatic heterocycles. The SMILES string of the molecule is Cc1cc(F)ccc1S(=O)(=O)N1c2ccccc2OCC1C. The van der Waals surface area contributed by atoms with Gasteiger partial charge in [-0.25, -0.2) is 12.8 Å². The van der Waals surface area contributed by atoms with Crippen LogP contribution >= 0.6 is 0 Å². The summed E-state index contributed by atoms with van der Waals surface area (Å²) in [4.78, 5) is 0.109. The Bertz CT molecular complexity index is 820. The van der Waals surface area contributed by atoms with E-state index in [9.17, 15) is 12.8 Å². The summed E-state index contributed by atoms with van der Waals surface area (Å²) in [6, 6.07) is 10.4. The second-order valence-corrected chi connectivity index (χ2v) is 7.12. The third-order valence-electron chi connectivity index (χ3n) is 3.66. The minimum Gasteiger partial charge on any atom is -0.489 e. The summed E-state index contributed by atoms with van der Waals surface area (Å²) in [5.74, 6) is 0.0795. The van der Waals surface area contributed by atoms with Gasteiger partial charge in [0.2, 0.25) is 0 Å². The lowest BCUT2D eigenvalue weighted by molar-refractivity contribution is 0.281. The number of aryl methyl sites for hydroxylation is 1. The first-order valence-corrected chi connectivity index (χ1v) is 8.37. The fraction of sp³-hybridized carbons (Fsp3) is 0.250. The fourth-order valence-electron chi connectivity index (χ4n) is 2.65. The number of fused-ring (bicyclic) bond motifs is 1. The second-order valence-electron chi connectivity index (χ2n) is 5.34. The van der Waals surface area contributed by atoms with Gasteiger partial charge in [0.15, 0.2) is 0 Å². The summed E-state index contributed by atoms with van der Waals surface area (Å²) in [5, 5.41) is 0. The first-order chi connectivity index (χ1) is 10.4. The molecule has 0 saturated heterocycles. The molecule has 0 radical (unpaired) electrons. The minimum atomic E-state index is -3.79. The Kier molecular flexibility index (Phi) is 3.56. The molecule has 0 aliphatic carbocycles. The number of benzene rings is 2. The molecule has 6 heteroatoms. The van der Waals surface area contributed by atoms with Crippen LogP contribution in [0.5, 0.6) is 5.75 Å². The van der Waals surface area contributed by atoms with E-state index in [0.29, 0.717) is 17.0 Å². The van der Waals surface area contributed by atoms with Crippen LogP contribution < -0.4 is 9.04 Å².